The number of hydrogen-bond acceptors (Lipinski definition) is 5. The molecule has 1 aliphatic heterocycles. The molecule has 0 saturated heterocycles. The number of fused-ring (bicyclic) bond motifs is 2. The number of aromatic nitrogens is 4. The van der Waals surface area contributed by atoms with Crippen molar-refractivity contribution in [1.82, 2.24) is 19.5 Å². The van der Waals surface area contributed by atoms with Crippen molar-refractivity contribution < 1.29 is 0 Å². The fraction of sp³-hybridized carbons (Fsp3) is 0.217. The molecule has 0 atom stereocenters. The van der Waals surface area contributed by atoms with Crippen molar-refractivity contribution in [3.63, 3.8) is 0 Å². The predicted molar refractivity (Wildman–Crippen MR) is 126 cm³/mol. The molecule has 31 heavy (non-hydrogen) atoms. The molecule has 0 bridgehead atoms. The standard InChI is InChI=1S/C23H20ClN5OS/c1-13-7-8-17(11-18(13)24)29-14(2)25-20-19(22(29)31)21(30)27-23(26-20)28-10-9-15-5-3-4-6-16(15)12-28/h3-8,11H,9-10,12H2,1-2H3,(H,26,27,30). The van der Waals surface area contributed by atoms with Crippen molar-refractivity contribution in [1.29, 1.82) is 0 Å². The lowest BCUT2D eigenvalue weighted by Gasteiger charge is -2.29. The van der Waals surface area contributed by atoms with Crippen LogP contribution in [0.4, 0.5) is 5.95 Å². The first-order chi connectivity index (χ1) is 14.9. The number of nitrogens with zero attached hydrogens (tertiary/aromatic N) is 4. The van der Waals surface area contributed by atoms with Crippen LogP contribution in [0, 0.1) is 18.5 Å². The zero-order valence-corrected chi connectivity index (χ0v) is 18.7. The van der Waals surface area contributed by atoms with Gasteiger partial charge in [-0.05, 0) is 49.1 Å². The molecule has 8 heteroatoms. The fourth-order valence-corrected chi connectivity index (χ4v) is 4.63. The van der Waals surface area contributed by atoms with Crippen LogP contribution in [0.25, 0.3) is 16.7 Å². The van der Waals surface area contributed by atoms with Gasteiger partial charge in [-0.25, -0.2) is 4.98 Å². The van der Waals surface area contributed by atoms with E-state index in [2.05, 4.69) is 38.1 Å². The smallest absolute Gasteiger partial charge is 0.264 e. The van der Waals surface area contributed by atoms with Crippen LogP contribution in [-0.4, -0.2) is 26.1 Å². The van der Waals surface area contributed by atoms with Gasteiger partial charge in [0.05, 0.1) is 0 Å². The summed E-state index contributed by atoms with van der Waals surface area (Å²) in [7, 11) is 0. The average molecular weight is 450 g/mol. The molecular formula is C23H20ClN5OS. The second-order valence-corrected chi connectivity index (χ2v) is 8.56. The van der Waals surface area contributed by atoms with Gasteiger partial charge in [-0.15, -0.1) is 0 Å². The Bertz CT molecular complexity index is 1460. The van der Waals surface area contributed by atoms with Crippen molar-refractivity contribution in [2.45, 2.75) is 26.8 Å². The van der Waals surface area contributed by atoms with Gasteiger partial charge in [0.15, 0.2) is 5.65 Å². The normalized spacial score (nSPS) is 13.5. The van der Waals surface area contributed by atoms with E-state index in [9.17, 15) is 4.79 Å². The Balaban J connectivity index is 1.63. The summed E-state index contributed by atoms with van der Waals surface area (Å²) in [4.78, 5) is 27.3. The van der Waals surface area contributed by atoms with Crippen LogP contribution < -0.4 is 10.5 Å². The maximum absolute atomic E-state index is 13.1. The van der Waals surface area contributed by atoms with E-state index in [0.717, 1.165) is 24.2 Å². The number of aromatic amines is 1. The number of halogens is 1. The Kier molecular flexibility index (Phi) is 4.87. The van der Waals surface area contributed by atoms with Crippen molar-refractivity contribution in [2.24, 2.45) is 0 Å². The fourth-order valence-electron chi connectivity index (χ4n) is 4.04. The number of anilines is 1. The van der Waals surface area contributed by atoms with Crippen molar-refractivity contribution >= 4 is 40.8 Å². The Morgan fingerprint density at radius 3 is 2.65 bits per heavy atom. The van der Waals surface area contributed by atoms with E-state index in [1.807, 2.05) is 38.1 Å². The number of H-pyrrole nitrogens is 1. The lowest BCUT2D eigenvalue weighted by Crippen LogP contribution is -2.33. The molecule has 1 aliphatic rings. The first kappa shape index (κ1) is 19.9. The van der Waals surface area contributed by atoms with Crippen LogP contribution >= 0.6 is 23.8 Å². The third-order valence-corrected chi connectivity index (χ3v) is 6.53. The van der Waals surface area contributed by atoms with Gasteiger partial charge < -0.3 is 4.90 Å². The van der Waals surface area contributed by atoms with E-state index < -0.39 is 0 Å². The Morgan fingerprint density at radius 2 is 1.87 bits per heavy atom. The third-order valence-electron chi connectivity index (χ3n) is 5.74. The third kappa shape index (κ3) is 3.43. The minimum Gasteiger partial charge on any atom is -0.338 e. The molecule has 3 heterocycles. The second kappa shape index (κ2) is 7.59. The minimum atomic E-state index is -0.289. The van der Waals surface area contributed by atoms with Crippen LogP contribution in [0.2, 0.25) is 5.02 Å². The maximum atomic E-state index is 13.1. The largest absolute Gasteiger partial charge is 0.338 e. The number of rotatable bonds is 2. The maximum Gasteiger partial charge on any atom is 0.264 e. The molecule has 0 saturated carbocycles. The number of nitrogens with one attached hydrogen (secondary N) is 1. The van der Waals surface area contributed by atoms with Crippen molar-refractivity contribution in [3.8, 4) is 5.69 Å². The zero-order chi connectivity index (χ0) is 21.7. The van der Waals surface area contributed by atoms with Gasteiger partial charge in [0.2, 0.25) is 5.95 Å². The van der Waals surface area contributed by atoms with E-state index >= 15 is 0 Å². The SMILES string of the molecule is Cc1ccc(-n2c(C)nc3nc(N4CCc5ccccc5C4)[nH]c(=O)c3c2=S)cc1Cl. The lowest BCUT2D eigenvalue weighted by molar-refractivity contribution is 0.707. The second-order valence-electron chi connectivity index (χ2n) is 7.76. The van der Waals surface area contributed by atoms with Gasteiger partial charge in [-0.1, -0.05) is 54.2 Å². The highest BCUT2D eigenvalue weighted by Gasteiger charge is 2.20. The summed E-state index contributed by atoms with van der Waals surface area (Å²) >= 11 is 12.0. The molecule has 2 aromatic heterocycles. The Morgan fingerprint density at radius 1 is 1.10 bits per heavy atom. The molecule has 0 aliphatic carbocycles. The van der Waals surface area contributed by atoms with Gasteiger partial charge in [-0.3, -0.25) is 14.3 Å². The van der Waals surface area contributed by atoms with E-state index in [0.29, 0.717) is 39.0 Å². The lowest BCUT2D eigenvalue weighted by atomic mass is 10.0. The highest BCUT2D eigenvalue weighted by atomic mass is 35.5. The van der Waals surface area contributed by atoms with Crippen LogP contribution in [0.5, 0.6) is 0 Å². The monoisotopic (exact) mass is 449 g/mol. The van der Waals surface area contributed by atoms with E-state index in [1.54, 1.807) is 4.57 Å². The highest BCUT2D eigenvalue weighted by Crippen LogP contribution is 2.24. The molecule has 0 fully saturated rings. The molecular weight excluding hydrogens is 430 g/mol. The van der Waals surface area contributed by atoms with Gasteiger partial charge in [0.1, 0.15) is 15.9 Å². The minimum absolute atomic E-state index is 0.289. The molecule has 1 N–H and O–H groups in total. The number of aryl methyl sites for hydroxylation is 2. The van der Waals surface area contributed by atoms with Crippen LogP contribution in [-0.2, 0) is 13.0 Å². The van der Waals surface area contributed by atoms with Gasteiger partial charge >= 0.3 is 0 Å². The molecule has 0 spiro atoms. The highest BCUT2D eigenvalue weighted by molar-refractivity contribution is 7.71. The van der Waals surface area contributed by atoms with E-state index in [-0.39, 0.29) is 5.56 Å². The topological polar surface area (TPSA) is 66.8 Å². The summed E-state index contributed by atoms with van der Waals surface area (Å²) in [5.74, 6) is 1.16. The van der Waals surface area contributed by atoms with Gasteiger partial charge in [-0.2, -0.15) is 4.98 Å². The predicted octanol–water partition coefficient (Wildman–Crippen LogP) is 4.67. The summed E-state index contributed by atoms with van der Waals surface area (Å²) in [6.07, 6.45) is 0.902. The molecule has 0 unspecified atom stereocenters. The van der Waals surface area contributed by atoms with Gasteiger partial charge in [0, 0.05) is 23.8 Å². The Hall–Kier alpha value is -3.03. The molecule has 4 aromatic rings. The summed E-state index contributed by atoms with van der Waals surface area (Å²) in [5, 5.41) is 0.935. The zero-order valence-electron chi connectivity index (χ0n) is 17.1. The van der Waals surface area contributed by atoms with Crippen molar-refractivity contribution in [3.05, 3.63) is 85.0 Å². The van der Waals surface area contributed by atoms with Crippen LogP contribution in [0.1, 0.15) is 22.5 Å². The quantitative estimate of drug-likeness (QED) is 0.450. The van der Waals surface area contributed by atoms with Gasteiger partial charge in [0.25, 0.3) is 5.56 Å². The van der Waals surface area contributed by atoms with Crippen LogP contribution in [0.3, 0.4) is 0 Å². The molecule has 0 radical (unpaired) electrons. The number of benzene rings is 2. The number of hydrogen-bond donors (Lipinski definition) is 1. The first-order valence-corrected chi connectivity index (χ1v) is 10.8. The van der Waals surface area contributed by atoms with Crippen molar-refractivity contribution in [2.75, 3.05) is 11.4 Å². The molecule has 156 valence electrons. The van der Waals surface area contributed by atoms with E-state index in [1.165, 1.54) is 11.1 Å². The average Bonchev–Trinajstić information content (AvgIpc) is 2.75. The summed E-state index contributed by atoms with van der Waals surface area (Å²) in [6, 6.07) is 14.0. The van der Waals surface area contributed by atoms with Crippen LogP contribution in [0.15, 0.2) is 47.3 Å². The summed E-state index contributed by atoms with van der Waals surface area (Å²) < 4.78 is 2.13. The Labute approximate surface area is 189 Å². The first-order valence-electron chi connectivity index (χ1n) is 10.0. The molecule has 6 nitrogen and oxygen atoms in total. The molecule has 2 aromatic carbocycles. The summed E-state index contributed by atoms with van der Waals surface area (Å²) in [5.41, 5.74) is 4.38. The molecule has 0 amide bonds. The van der Waals surface area contributed by atoms with E-state index in [4.69, 9.17) is 23.8 Å². The summed E-state index contributed by atoms with van der Waals surface area (Å²) in [6.45, 7) is 5.26. The molecule has 5 rings (SSSR count).